The Kier molecular flexibility index (Phi) is 7.45. The summed E-state index contributed by atoms with van der Waals surface area (Å²) in [5, 5.41) is 9.89. The fraction of sp³-hybridized carbons (Fsp3) is 0.500. The maximum Gasteiger partial charge on any atom is 0.191 e. The number of thiazole rings is 1. The van der Waals surface area contributed by atoms with Crippen molar-refractivity contribution in [2.24, 2.45) is 10.4 Å². The second-order valence-corrected chi connectivity index (χ2v) is 8.23. The zero-order valence-corrected chi connectivity index (χ0v) is 17.4. The molecule has 0 aliphatic heterocycles. The van der Waals surface area contributed by atoms with Gasteiger partial charge in [0.1, 0.15) is 0 Å². The molecule has 0 atom stereocenters. The molecule has 0 aliphatic rings. The molecule has 0 fully saturated rings. The van der Waals surface area contributed by atoms with Gasteiger partial charge in [0.2, 0.25) is 0 Å². The highest BCUT2D eigenvalue weighted by Gasteiger charge is 2.19. The van der Waals surface area contributed by atoms with Gasteiger partial charge in [-0.25, -0.2) is 9.98 Å². The Morgan fingerprint density at radius 1 is 1.19 bits per heavy atom. The summed E-state index contributed by atoms with van der Waals surface area (Å²) >= 11 is 1.65. The molecule has 0 radical (unpaired) electrons. The SMILES string of the molecule is CCNC(=NCc1csc(N(C)C)n1)NCC(C)(C)Cc1ccccc1. The lowest BCUT2D eigenvalue weighted by Gasteiger charge is -2.26. The van der Waals surface area contributed by atoms with Gasteiger partial charge < -0.3 is 15.5 Å². The standard InChI is InChI=1S/C20H31N5S/c1-6-21-18(22-13-17-14-26-19(24-17)25(4)5)23-15-20(2,3)12-16-10-8-7-9-11-16/h7-11,14H,6,12-13,15H2,1-5H3,(H2,21,22,23). The molecule has 1 heterocycles. The maximum atomic E-state index is 4.69. The van der Waals surface area contributed by atoms with Crippen LogP contribution in [0.25, 0.3) is 0 Å². The molecular weight excluding hydrogens is 342 g/mol. The van der Waals surface area contributed by atoms with Gasteiger partial charge in [0, 0.05) is 32.6 Å². The van der Waals surface area contributed by atoms with Gasteiger partial charge in [-0.15, -0.1) is 11.3 Å². The second kappa shape index (κ2) is 9.57. The molecule has 142 valence electrons. The van der Waals surface area contributed by atoms with Crippen LogP contribution in [-0.4, -0.2) is 38.1 Å². The van der Waals surface area contributed by atoms with E-state index in [4.69, 9.17) is 0 Å². The summed E-state index contributed by atoms with van der Waals surface area (Å²) in [5.41, 5.74) is 2.50. The third-order valence-electron chi connectivity index (χ3n) is 3.93. The lowest BCUT2D eigenvalue weighted by atomic mass is 9.86. The molecule has 26 heavy (non-hydrogen) atoms. The minimum absolute atomic E-state index is 0.135. The number of guanidine groups is 1. The van der Waals surface area contributed by atoms with Crippen LogP contribution in [0.5, 0.6) is 0 Å². The van der Waals surface area contributed by atoms with Gasteiger partial charge in [-0.3, -0.25) is 0 Å². The first-order valence-electron chi connectivity index (χ1n) is 9.07. The molecule has 2 rings (SSSR count). The lowest BCUT2D eigenvalue weighted by Crippen LogP contribution is -2.42. The van der Waals surface area contributed by atoms with Gasteiger partial charge in [-0.1, -0.05) is 44.2 Å². The predicted molar refractivity (Wildman–Crippen MR) is 113 cm³/mol. The van der Waals surface area contributed by atoms with Crippen LogP contribution in [0.2, 0.25) is 0 Å². The van der Waals surface area contributed by atoms with Crippen LogP contribution in [0, 0.1) is 5.41 Å². The van der Waals surface area contributed by atoms with E-state index >= 15 is 0 Å². The summed E-state index contributed by atoms with van der Waals surface area (Å²) < 4.78 is 0. The highest BCUT2D eigenvalue weighted by atomic mass is 32.1. The summed E-state index contributed by atoms with van der Waals surface area (Å²) in [4.78, 5) is 11.3. The number of benzene rings is 1. The maximum absolute atomic E-state index is 4.69. The van der Waals surface area contributed by atoms with E-state index in [0.29, 0.717) is 6.54 Å². The number of nitrogens with zero attached hydrogens (tertiary/aromatic N) is 3. The van der Waals surface area contributed by atoms with Crippen molar-refractivity contribution in [2.45, 2.75) is 33.7 Å². The summed E-state index contributed by atoms with van der Waals surface area (Å²) in [5.74, 6) is 0.841. The van der Waals surface area contributed by atoms with Crippen molar-refractivity contribution < 1.29 is 0 Å². The van der Waals surface area contributed by atoms with Crippen molar-refractivity contribution in [2.75, 3.05) is 32.1 Å². The highest BCUT2D eigenvalue weighted by molar-refractivity contribution is 7.13. The summed E-state index contributed by atoms with van der Waals surface area (Å²) in [6.07, 6.45) is 1.03. The van der Waals surface area contributed by atoms with Crippen molar-refractivity contribution in [3.8, 4) is 0 Å². The first-order chi connectivity index (χ1) is 12.4. The fourth-order valence-corrected chi connectivity index (χ4v) is 3.36. The quantitative estimate of drug-likeness (QED) is 0.549. The number of aliphatic imine (C=N–C) groups is 1. The molecule has 0 amide bonds. The van der Waals surface area contributed by atoms with Crippen LogP contribution in [0.3, 0.4) is 0 Å². The van der Waals surface area contributed by atoms with Crippen LogP contribution in [0.15, 0.2) is 40.7 Å². The van der Waals surface area contributed by atoms with Gasteiger partial charge in [0.25, 0.3) is 0 Å². The average molecular weight is 374 g/mol. The Labute approximate surface area is 161 Å². The van der Waals surface area contributed by atoms with Gasteiger partial charge in [-0.05, 0) is 24.3 Å². The van der Waals surface area contributed by atoms with Gasteiger partial charge in [0.15, 0.2) is 11.1 Å². The van der Waals surface area contributed by atoms with Gasteiger partial charge in [-0.2, -0.15) is 0 Å². The fourth-order valence-electron chi connectivity index (χ4n) is 2.61. The van der Waals surface area contributed by atoms with Crippen molar-refractivity contribution in [1.29, 1.82) is 0 Å². The zero-order chi connectivity index (χ0) is 19.0. The number of anilines is 1. The Bertz CT molecular complexity index is 691. The smallest absolute Gasteiger partial charge is 0.191 e. The number of hydrogen-bond donors (Lipinski definition) is 2. The Morgan fingerprint density at radius 3 is 2.54 bits per heavy atom. The Balaban J connectivity index is 1.93. The third kappa shape index (κ3) is 6.67. The number of hydrogen-bond acceptors (Lipinski definition) is 4. The molecule has 1 aromatic heterocycles. The molecular formula is C20H31N5S. The summed E-state index contributed by atoms with van der Waals surface area (Å²) in [6, 6.07) is 10.6. The molecule has 1 aromatic carbocycles. The molecule has 6 heteroatoms. The monoisotopic (exact) mass is 373 g/mol. The first kappa shape index (κ1) is 20.2. The minimum atomic E-state index is 0.135. The lowest BCUT2D eigenvalue weighted by molar-refractivity contribution is 0.359. The van der Waals surface area contributed by atoms with E-state index in [0.717, 1.165) is 36.3 Å². The van der Waals surface area contributed by atoms with E-state index in [1.165, 1.54) is 5.56 Å². The van der Waals surface area contributed by atoms with Crippen molar-refractivity contribution >= 4 is 22.4 Å². The van der Waals surface area contributed by atoms with Gasteiger partial charge in [0.05, 0.1) is 12.2 Å². The van der Waals surface area contributed by atoms with E-state index in [2.05, 4.69) is 77.1 Å². The Hall–Kier alpha value is -2.08. The number of rotatable bonds is 8. The molecule has 2 aromatic rings. The normalized spacial score (nSPS) is 12.1. The zero-order valence-electron chi connectivity index (χ0n) is 16.5. The third-order valence-corrected chi connectivity index (χ3v) is 4.98. The molecule has 0 aliphatic carbocycles. The minimum Gasteiger partial charge on any atom is -0.357 e. The van der Waals surface area contributed by atoms with Crippen LogP contribution < -0.4 is 15.5 Å². The van der Waals surface area contributed by atoms with Crippen molar-refractivity contribution in [3.63, 3.8) is 0 Å². The topological polar surface area (TPSA) is 52.6 Å². The van der Waals surface area contributed by atoms with Crippen LogP contribution in [0.4, 0.5) is 5.13 Å². The molecule has 0 spiro atoms. The van der Waals surface area contributed by atoms with E-state index in [9.17, 15) is 0 Å². The van der Waals surface area contributed by atoms with E-state index < -0.39 is 0 Å². The van der Waals surface area contributed by atoms with Crippen LogP contribution in [-0.2, 0) is 13.0 Å². The summed E-state index contributed by atoms with van der Waals surface area (Å²) in [6.45, 7) is 8.91. The number of nitrogens with one attached hydrogen (secondary N) is 2. The van der Waals surface area contributed by atoms with Crippen molar-refractivity contribution in [1.82, 2.24) is 15.6 Å². The van der Waals surface area contributed by atoms with E-state index in [-0.39, 0.29) is 5.41 Å². The molecule has 5 nitrogen and oxygen atoms in total. The van der Waals surface area contributed by atoms with E-state index in [1.54, 1.807) is 11.3 Å². The highest BCUT2D eigenvalue weighted by Crippen LogP contribution is 2.21. The van der Waals surface area contributed by atoms with Gasteiger partial charge >= 0.3 is 0 Å². The summed E-state index contributed by atoms with van der Waals surface area (Å²) in [7, 11) is 4.01. The molecule has 0 unspecified atom stereocenters. The predicted octanol–water partition coefficient (Wildman–Crippen LogP) is 3.53. The molecule has 2 N–H and O–H groups in total. The average Bonchev–Trinajstić information content (AvgIpc) is 3.07. The molecule has 0 bridgehead atoms. The second-order valence-electron chi connectivity index (χ2n) is 7.39. The van der Waals surface area contributed by atoms with Crippen molar-refractivity contribution in [3.05, 3.63) is 47.0 Å². The Morgan fingerprint density at radius 2 is 1.92 bits per heavy atom. The number of aromatic nitrogens is 1. The molecule has 0 saturated carbocycles. The van der Waals surface area contributed by atoms with Crippen LogP contribution >= 0.6 is 11.3 Å². The van der Waals surface area contributed by atoms with Crippen LogP contribution in [0.1, 0.15) is 32.0 Å². The molecule has 0 saturated heterocycles. The largest absolute Gasteiger partial charge is 0.357 e. The first-order valence-corrected chi connectivity index (χ1v) is 9.95. The van der Waals surface area contributed by atoms with E-state index in [1.807, 2.05) is 19.0 Å².